The lowest BCUT2D eigenvalue weighted by molar-refractivity contribution is 0.101. The first kappa shape index (κ1) is 21.8. The molecule has 0 spiro atoms. The maximum Gasteiger partial charge on any atom is 0.319 e. The van der Waals surface area contributed by atoms with Gasteiger partial charge in [0.1, 0.15) is 5.75 Å². The summed E-state index contributed by atoms with van der Waals surface area (Å²) >= 11 is 13.7. The summed E-state index contributed by atoms with van der Waals surface area (Å²) in [6.07, 6.45) is 1.11. The van der Waals surface area contributed by atoms with Gasteiger partial charge in [0.15, 0.2) is 0 Å². The molecule has 0 unspecified atom stereocenters. The molecule has 3 rings (SSSR count). The number of benzene rings is 2. The maximum absolute atomic E-state index is 12.3. The summed E-state index contributed by atoms with van der Waals surface area (Å²) in [5.74, 6) is -0.0545. The van der Waals surface area contributed by atoms with Gasteiger partial charge in [-0.2, -0.15) is 8.42 Å². The van der Waals surface area contributed by atoms with Crippen molar-refractivity contribution in [1.82, 2.24) is 0 Å². The second-order valence-electron chi connectivity index (χ2n) is 6.46. The van der Waals surface area contributed by atoms with Crippen molar-refractivity contribution in [3.8, 4) is 5.75 Å². The maximum atomic E-state index is 12.3. The van der Waals surface area contributed by atoms with Gasteiger partial charge in [0.2, 0.25) is 0 Å². The van der Waals surface area contributed by atoms with Gasteiger partial charge in [-0.25, -0.2) is 0 Å². The second-order valence-corrected chi connectivity index (χ2v) is 8.91. The summed E-state index contributed by atoms with van der Waals surface area (Å²) in [7, 11) is -2.81. The Kier molecular flexibility index (Phi) is 6.95. The van der Waals surface area contributed by atoms with Crippen LogP contribution in [0.25, 0.3) is 10.1 Å². The number of amides is 1. The van der Waals surface area contributed by atoms with Crippen LogP contribution in [-0.4, -0.2) is 20.9 Å². The van der Waals surface area contributed by atoms with E-state index in [1.54, 1.807) is 12.1 Å². The summed E-state index contributed by atoms with van der Waals surface area (Å²) in [5.41, 5.74) is 2.58. The topological polar surface area (TPSA) is 72.8 Å². The lowest BCUT2D eigenvalue weighted by Crippen LogP contribution is -2.03. The summed E-state index contributed by atoms with van der Waals surface area (Å²) in [6, 6.07) is 9.13. The van der Waals surface area contributed by atoms with Gasteiger partial charge in [0, 0.05) is 20.1 Å². The molecule has 1 aromatic heterocycles. The fourth-order valence-electron chi connectivity index (χ4n) is 3.12. The van der Waals surface area contributed by atoms with Crippen molar-refractivity contribution in [3.05, 3.63) is 61.9 Å². The second kappa shape index (κ2) is 9.26. The molecule has 2 aromatic carbocycles. The molecule has 0 aliphatic rings. The van der Waals surface area contributed by atoms with E-state index in [1.165, 1.54) is 11.3 Å². The summed E-state index contributed by atoms with van der Waals surface area (Å²) in [5, 5.41) is 1.99. The van der Waals surface area contributed by atoms with Crippen molar-refractivity contribution in [1.29, 1.82) is 0 Å². The van der Waals surface area contributed by atoms with E-state index >= 15 is 0 Å². The predicted octanol–water partition coefficient (Wildman–Crippen LogP) is 6.04. The molecule has 5 nitrogen and oxygen atoms in total. The van der Waals surface area contributed by atoms with E-state index in [-0.39, 0.29) is 4.88 Å². The zero-order valence-corrected chi connectivity index (χ0v) is 18.8. The first-order valence-electron chi connectivity index (χ1n) is 8.72. The number of halogens is 2. The number of rotatable bonds is 6. The molecule has 3 aromatic rings. The summed E-state index contributed by atoms with van der Waals surface area (Å²) < 4.78 is 31.5. The van der Waals surface area contributed by atoms with Gasteiger partial charge in [-0.15, -0.1) is 11.3 Å². The van der Waals surface area contributed by atoms with Crippen molar-refractivity contribution in [2.24, 2.45) is 4.36 Å². The number of hydrogen-bond donors (Lipinski definition) is 0. The molecule has 0 saturated heterocycles. The minimum Gasteiger partial charge on any atom is -0.494 e. The predicted molar refractivity (Wildman–Crippen MR) is 117 cm³/mol. The zero-order chi connectivity index (χ0) is 21.1. The Morgan fingerprint density at radius 1 is 1.17 bits per heavy atom. The Balaban J connectivity index is 1.82. The average molecular weight is 470 g/mol. The Labute approximate surface area is 183 Å². The van der Waals surface area contributed by atoms with Gasteiger partial charge in [-0.1, -0.05) is 33.6 Å². The number of ether oxygens (including phenoxy) is 1. The van der Waals surface area contributed by atoms with Crippen molar-refractivity contribution in [2.75, 3.05) is 6.61 Å². The van der Waals surface area contributed by atoms with Crippen molar-refractivity contribution < 1.29 is 17.9 Å². The third-order valence-corrected chi connectivity index (χ3v) is 6.78. The van der Waals surface area contributed by atoms with E-state index in [9.17, 15) is 13.2 Å². The minimum atomic E-state index is -2.81. The number of carbonyl (C=O) groups excluding carboxylic acids is 1. The lowest BCUT2D eigenvalue weighted by Gasteiger charge is -2.10. The van der Waals surface area contributed by atoms with Crippen LogP contribution in [0.1, 0.15) is 32.8 Å². The third-order valence-electron chi connectivity index (χ3n) is 4.36. The molecule has 9 heteroatoms. The molecule has 1 heterocycles. The van der Waals surface area contributed by atoms with E-state index in [0.717, 1.165) is 32.0 Å². The smallest absolute Gasteiger partial charge is 0.319 e. The van der Waals surface area contributed by atoms with Crippen molar-refractivity contribution in [2.45, 2.75) is 26.7 Å². The van der Waals surface area contributed by atoms with E-state index in [2.05, 4.69) is 4.36 Å². The molecule has 0 aliphatic carbocycles. The van der Waals surface area contributed by atoms with Crippen LogP contribution in [0.15, 0.2) is 34.7 Å². The molecule has 0 bridgehead atoms. The molecular formula is C20H17Cl2NO4S2. The minimum absolute atomic E-state index is 0.287. The molecule has 0 saturated carbocycles. The van der Waals surface area contributed by atoms with Gasteiger partial charge in [0.05, 0.1) is 11.5 Å². The standard InChI is InChI=1S/C20H17Cl2NO4S2/c1-11-9-13(10-12(2)18(11)22)27-8-4-5-14-17-15(21)6-3-7-16(17)28-19(14)20(24)23-29(25)26/h3,6-7,9-10H,4-5,8H2,1-2H3. The highest BCUT2D eigenvalue weighted by Crippen LogP contribution is 2.37. The highest BCUT2D eigenvalue weighted by Gasteiger charge is 2.20. The van der Waals surface area contributed by atoms with Crippen LogP contribution in [0.3, 0.4) is 0 Å². The summed E-state index contributed by atoms with van der Waals surface area (Å²) in [6.45, 7) is 4.26. The molecular weight excluding hydrogens is 453 g/mol. The monoisotopic (exact) mass is 469 g/mol. The number of aryl methyl sites for hydroxylation is 3. The quantitative estimate of drug-likeness (QED) is 0.412. The third kappa shape index (κ3) is 4.98. The Hall–Kier alpha value is -1.93. The van der Waals surface area contributed by atoms with Crippen LogP contribution in [0.2, 0.25) is 10.0 Å². The van der Waals surface area contributed by atoms with E-state index in [0.29, 0.717) is 30.0 Å². The zero-order valence-electron chi connectivity index (χ0n) is 15.7. The SMILES string of the molecule is Cc1cc(OCCCc2c(C(=O)N=S(=O)=O)sc3cccc(Cl)c23)cc(C)c1Cl. The van der Waals surface area contributed by atoms with Gasteiger partial charge in [-0.05, 0) is 67.6 Å². The number of fused-ring (bicyclic) bond motifs is 1. The molecule has 1 amide bonds. The van der Waals surface area contributed by atoms with Crippen LogP contribution in [0.5, 0.6) is 5.75 Å². The highest BCUT2D eigenvalue weighted by atomic mass is 35.5. The van der Waals surface area contributed by atoms with Crippen LogP contribution in [0.4, 0.5) is 0 Å². The van der Waals surface area contributed by atoms with Gasteiger partial charge < -0.3 is 4.74 Å². The van der Waals surface area contributed by atoms with Gasteiger partial charge in [0.25, 0.3) is 0 Å². The number of nitrogens with zero attached hydrogens (tertiary/aromatic N) is 1. The molecule has 29 heavy (non-hydrogen) atoms. The summed E-state index contributed by atoms with van der Waals surface area (Å²) in [4.78, 5) is 12.6. The molecule has 0 atom stereocenters. The van der Waals surface area contributed by atoms with Crippen molar-refractivity contribution >= 4 is 61.0 Å². The van der Waals surface area contributed by atoms with E-state index in [4.69, 9.17) is 27.9 Å². The van der Waals surface area contributed by atoms with E-state index in [1.807, 2.05) is 32.0 Å². The number of carbonyl (C=O) groups is 1. The van der Waals surface area contributed by atoms with Crippen LogP contribution in [0, 0.1) is 13.8 Å². The molecule has 0 N–H and O–H groups in total. The Bertz CT molecular complexity index is 1200. The van der Waals surface area contributed by atoms with Crippen LogP contribution >= 0.6 is 34.5 Å². The lowest BCUT2D eigenvalue weighted by atomic mass is 10.1. The fourth-order valence-corrected chi connectivity index (χ4v) is 5.02. The Morgan fingerprint density at radius 3 is 2.52 bits per heavy atom. The molecule has 152 valence electrons. The molecule has 0 radical (unpaired) electrons. The fraction of sp³-hybridized carbons (Fsp3) is 0.250. The number of hydrogen-bond acceptors (Lipinski definition) is 5. The largest absolute Gasteiger partial charge is 0.494 e. The van der Waals surface area contributed by atoms with Gasteiger partial charge in [-0.3, -0.25) is 4.79 Å². The number of thiophene rings is 1. The normalized spacial score (nSPS) is 10.9. The van der Waals surface area contributed by atoms with E-state index < -0.39 is 16.4 Å². The van der Waals surface area contributed by atoms with Crippen LogP contribution < -0.4 is 4.74 Å². The average Bonchev–Trinajstić information content (AvgIpc) is 3.03. The first-order valence-corrected chi connectivity index (χ1v) is 11.3. The molecule has 0 fully saturated rings. The highest BCUT2D eigenvalue weighted by molar-refractivity contribution is 7.62. The first-order chi connectivity index (χ1) is 13.8. The Morgan fingerprint density at radius 2 is 1.86 bits per heavy atom. The van der Waals surface area contributed by atoms with Crippen LogP contribution in [-0.2, 0) is 16.9 Å². The molecule has 0 aliphatic heterocycles. The van der Waals surface area contributed by atoms with Crippen molar-refractivity contribution in [3.63, 3.8) is 0 Å². The van der Waals surface area contributed by atoms with Gasteiger partial charge >= 0.3 is 16.4 Å².